The Morgan fingerprint density at radius 2 is 1.96 bits per heavy atom. The van der Waals surface area contributed by atoms with Gasteiger partial charge in [-0.05, 0) is 42.7 Å². The standard InChI is InChI=1S/C21H23FN4O2/c22-16-8-4-7-15(11-16)19(18-9-1-2-10-23-18)25-21(28)26-12-17(13-26)24-20(27)14-5-3-6-14/h1-2,4,7-11,14,17,19H,3,5-6,12-13H2,(H,24,27)(H,25,28). The lowest BCUT2D eigenvalue weighted by atomic mass is 9.84. The van der Waals surface area contributed by atoms with Crippen LogP contribution >= 0.6 is 0 Å². The third-order valence-corrected chi connectivity index (χ3v) is 5.42. The summed E-state index contributed by atoms with van der Waals surface area (Å²) in [4.78, 5) is 30.6. The number of benzene rings is 1. The zero-order chi connectivity index (χ0) is 19.5. The van der Waals surface area contributed by atoms with Crippen LogP contribution in [0.25, 0.3) is 0 Å². The Labute approximate surface area is 163 Å². The Balaban J connectivity index is 1.39. The highest BCUT2D eigenvalue weighted by Gasteiger charge is 2.35. The first-order valence-electron chi connectivity index (χ1n) is 9.62. The van der Waals surface area contributed by atoms with Gasteiger partial charge >= 0.3 is 6.03 Å². The number of pyridine rings is 1. The summed E-state index contributed by atoms with van der Waals surface area (Å²) in [6.07, 6.45) is 4.68. The molecule has 2 N–H and O–H groups in total. The number of rotatable bonds is 5. The van der Waals surface area contributed by atoms with E-state index in [2.05, 4.69) is 15.6 Å². The topological polar surface area (TPSA) is 74.3 Å². The average molecular weight is 382 g/mol. The van der Waals surface area contributed by atoms with Crippen molar-refractivity contribution < 1.29 is 14.0 Å². The summed E-state index contributed by atoms with van der Waals surface area (Å²) in [5, 5.41) is 5.95. The zero-order valence-electron chi connectivity index (χ0n) is 15.5. The highest BCUT2D eigenvalue weighted by Crippen LogP contribution is 2.27. The van der Waals surface area contributed by atoms with Gasteiger partial charge in [0.05, 0.1) is 17.8 Å². The molecular weight excluding hydrogens is 359 g/mol. The number of likely N-dealkylation sites (tertiary alicyclic amines) is 1. The van der Waals surface area contributed by atoms with Gasteiger partial charge in [0.1, 0.15) is 5.82 Å². The molecule has 6 nitrogen and oxygen atoms in total. The van der Waals surface area contributed by atoms with Crippen LogP contribution in [0.3, 0.4) is 0 Å². The van der Waals surface area contributed by atoms with Crippen molar-refractivity contribution in [3.8, 4) is 0 Å². The summed E-state index contributed by atoms with van der Waals surface area (Å²) < 4.78 is 13.7. The first-order chi connectivity index (χ1) is 13.6. The smallest absolute Gasteiger partial charge is 0.318 e. The molecule has 28 heavy (non-hydrogen) atoms. The molecule has 1 atom stereocenters. The number of amides is 3. The molecule has 1 saturated heterocycles. The molecule has 2 aliphatic rings. The lowest BCUT2D eigenvalue weighted by Gasteiger charge is -2.41. The Bertz CT molecular complexity index is 850. The minimum atomic E-state index is -0.548. The highest BCUT2D eigenvalue weighted by atomic mass is 19.1. The Hall–Kier alpha value is -2.96. The monoisotopic (exact) mass is 382 g/mol. The van der Waals surface area contributed by atoms with Crippen molar-refractivity contribution in [2.24, 2.45) is 5.92 Å². The maximum Gasteiger partial charge on any atom is 0.318 e. The largest absolute Gasteiger partial charge is 0.350 e. The van der Waals surface area contributed by atoms with Crippen molar-refractivity contribution in [3.63, 3.8) is 0 Å². The summed E-state index contributed by atoms with van der Waals surface area (Å²) in [5.41, 5.74) is 1.26. The molecule has 7 heteroatoms. The number of aromatic nitrogens is 1. The van der Waals surface area contributed by atoms with E-state index in [0.717, 1.165) is 19.3 Å². The van der Waals surface area contributed by atoms with Crippen molar-refractivity contribution in [1.82, 2.24) is 20.5 Å². The van der Waals surface area contributed by atoms with Crippen molar-refractivity contribution in [3.05, 3.63) is 65.7 Å². The van der Waals surface area contributed by atoms with E-state index in [1.807, 2.05) is 6.07 Å². The lowest BCUT2D eigenvalue weighted by molar-refractivity contribution is -0.129. The van der Waals surface area contributed by atoms with E-state index in [9.17, 15) is 14.0 Å². The Kier molecular flexibility index (Phi) is 5.23. The van der Waals surface area contributed by atoms with Crippen molar-refractivity contribution in [1.29, 1.82) is 0 Å². The van der Waals surface area contributed by atoms with Crippen molar-refractivity contribution in [2.75, 3.05) is 13.1 Å². The van der Waals surface area contributed by atoms with Gasteiger partial charge in [0.2, 0.25) is 5.91 Å². The minimum Gasteiger partial charge on any atom is -0.350 e. The van der Waals surface area contributed by atoms with Gasteiger partial charge in [0, 0.05) is 25.2 Å². The van der Waals surface area contributed by atoms with Gasteiger partial charge in [-0.15, -0.1) is 0 Å². The Morgan fingerprint density at radius 3 is 2.61 bits per heavy atom. The van der Waals surface area contributed by atoms with E-state index in [0.29, 0.717) is 24.3 Å². The molecule has 0 bridgehead atoms. The number of nitrogens with one attached hydrogen (secondary N) is 2. The van der Waals surface area contributed by atoms with Crippen LogP contribution in [-0.4, -0.2) is 41.0 Å². The first kappa shape index (κ1) is 18.4. The third-order valence-electron chi connectivity index (χ3n) is 5.42. The van der Waals surface area contributed by atoms with Crippen LogP contribution in [0.4, 0.5) is 9.18 Å². The van der Waals surface area contributed by atoms with Crippen LogP contribution in [0.1, 0.15) is 36.6 Å². The Morgan fingerprint density at radius 1 is 1.14 bits per heavy atom. The van der Waals surface area contributed by atoms with E-state index in [1.54, 1.807) is 35.4 Å². The van der Waals surface area contributed by atoms with Crippen LogP contribution in [0.5, 0.6) is 0 Å². The second-order valence-electron chi connectivity index (χ2n) is 7.43. The molecule has 1 aliphatic heterocycles. The van der Waals surface area contributed by atoms with E-state index in [-0.39, 0.29) is 29.7 Å². The molecule has 2 aromatic rings. The molecule has 146 valence electrons. The summed E-state index contributed by atoms with van der Waals surface area (Å²) in [7, 11) is 0. The SMILES string of the molecule is O=C(NC1CN(C(=O)NC(c2cccc(F)c2)c2ccccn2)C1)C1CCC1. The molecule has 0 spiro atoms. The van der Waals surface area contributed by atoms with Crippen LogP contribution < -0.4 is 10.6 Å². The van der Waals surface area contributed by atoms with E-state index >= 15 is 0 Å². The molecule has 0 radical (unpaired) electrons. The predicted molar refractivity (Wildman–Crippen MR) is 102 cm³/mol. The van der Waals surface area contributed by atoms with E-state index in [4.69, 9.17) is 0 Å². The van der Waals surface area contributed by atoms with Crippen LogP contribution in [0.15, 0.2) is 48.7 Å². The molecule has 3 amide bonds. The van der Waals surface area contributed by atoms with Gasteiger partial charge in [0.25, 0.3) is 0 Å². The number of hydrogen-bond donors (Lipinski definition) is 2. The molecule has 4 rings (SSSR count). The maximum absolute atomic E-state index is 13.7. The molecule has 1 aromatic carbocycles. The number of halogens is 1. The molecule has 1 aliphatic carbocycles. The quantitative estimate of drug-likeness (QED) is 0.835. The number of hydrogen-bond acceptors (Lipinski definition) is 3. The van der Waals surface area contributed by atoms with E-state index < -0.39 is 6.04 Å². The number of carbonyl (C=O) groups is 2. The molecule has 1 saturated carbocycles. The number of nitrogens with zero attached hydrogens (tertiary/aromatic N) is 2. The maximum atomic E-state index is 13.7. The van der Waals surface area contributed by atoms with Gasteiger partial charge < -0.3 is 15.5 Å². The second-order valence-corrected chi connectivity index (χ2v) is 7.43. The van der Waals surface area contributed by atoms with Gasteiger partial charge in [0.15, 0.2) is 0 Å². The van der Waals surface area contributed by atoms with Gasteiger partial charge in [-0.1, -0.05) is 24.6 Å². The predicted octanol–water partition coefficient (Wildman–Crippen LogP) is 2.62. The van der Waals surface area contributed by atoms with E-state index in [1.165, 1.54) is 12.1 Å². The van der Waals surface area contributed by atoms with Crippen LogP contribution in [0, 0.1) is 11.7 Å². The fourth-order valence-electron chi connectivity index (χ4n) is 3.50. The van der Waals surface area contributed by atoms with Crippen LogP contribution in [-0.2, 0) is 4.79 Å². The fraction of sp³-hybridized carbons (Fsp3) is 0.381. The lowest BCUT2D eigenvalue weighted by Crippen LogP contribution is -2.63. The molecule has 1 aromatic heterocycles. The summed E-state index contributed by atoms with van der Waals surface area (Å²) in [6.45, 7) is 0.949. The minimum absolute atomic E-state index is 0.00122. The normalized spacial score (nSPS) is 18.0. The second kappa shape index (κ2) is 7.96. The summed E-state index contributed by atoms with van der Waals surface area (Å²) in [6, 6.07) is 10.8. The molecule has 2 fully saturated rings. The molecule has 1 unspecified atom stereocenters. The fourth-order valence-corrected chi connectivity index (χ4v) is 3.50. The van der Waals surface area contributed by atoms with Crippen molar-refractivity contribution >= 4 is 11.9 Å². The van der Waals surface area contributed by atoms with Gasteiger partial charge in [-0.2, -0.15) is 0 Å². The summed E-state index contributed by atoms with van der Waals surface area (Å²) in [5.74, 6) is -0.123. The van der Waals surface area contributed by atoms with Gasteiger partial charge in [-0.25, -0.2) is 9.18 Å². The summed E-state index contributed by atoms with van der Waals surface area (Å²) >= 11 is 0. The van der Waals surface area contributed by atoms with Crippen LogP contribution in [0.2, 0.25) is 0 Å². The highest BCUT2D eigenvalue weighted by molar-refractivity contribution is 5.81. The molecular formula is C21H23FN4O2. The number of carbonyl (C=O) groups excluding carboxylic acids is 2. The third kappa shape index (κ3) is 3.98. The average Bonchev–Trinajstić information content (AvgIpc) is 2.61. The number of urea groups is 1. The van der Waals surface area contributed by atoms with Crippen molar-refractivity contribution in [2.45, 2.75) is 31.3 Å². The first-order valence-corrected chi connectivity index (χ1v) is 9.62. The van der Waals surface area contributed by atoms with Gasteiger partial charge in [-0.3, -0.25) is 9.78 Å². The zero-order valence-corrected chi connectivity index (χ0v) is 15.5. The molecule has 2 heterocycles.